The molecule has 1 N–H and O–H groups in total. The van der Waals surface area contributed by atoms with Gasteiger partial charge in [0, 0.05) is 24.4 Å². The van der Waals surface area contributed by atoms with Gasteiger partial charge in [-0.3, -0.25) is 4.79 Å². The van der Waals surface area contributed by atoms with E-state index in [-0.39, 0.29) is 5.91 Å². The highest BCUT2D eigenvalue weighted by Gasteiger charge is 2.15. The number of carbonyl (C=O) groups is 1. The lowest BCUT2D eigenvalue weighted by Crippen LogP contribution is -2.26. The van der Waals surface area contributed by atoms with E-state index in [0.717, 1.165) is 6.42 Å². The van der Waals surface area contributed by atoms with Crippen LogP contribution in [-0.4, -0.2) is 19.0 Å². The summed E-state index contributed by atoms with van der Waals surface area (Å²) in [6.45, 7) is 1.07. The van der Waals surface area contributed by atoms with Crippen molar-refractivity contribution < 1.29 is 4.79 Å². The largest absolute Gasteiger partial charge is 0.356 e. The minimum atomic E-state index is 0.151. The van der Waals surface area contributed by atoms with E-state index in [0.29, 0.717) is 25.4 Å². The first-order valence-electron chi connectivity index (χ1n) is 6.60. The van der Waals surface area contributed by atoms with Crippen molar-refractivity contribution in [1.29, 1.82) is 0 Å². The van der Waals surface area contributed by atoms with Crippen molar-refractivity contribution in [1.82, 2.24) is 5.32 Å². The fourth-order valence-electron chi connectivity index (χ4n) is 2.32. The van der Waals surface area contributed by atoms with E-state index in [1.807, 2.05) is 0 Å². The second-order valence-electron chi connectivity index (χ2n) is 4.72. The van der Waals surface area contributed by atoms with Gasteiger partial charge in [-0.15, -0.1) is 0 Å². The first-order chi connectivity index (χ1) is 8.33. The molecule has 0 aliphatic heterocycles. The van der Waals surface area contributed by atoms with Crippen LogP contribution in [0.4, 0.5) is 0 Å². The summed E-state index contributed by atoms with van der Waals surface area (Å²) in [5.41, 5.74) is 8.09. The summed E-state index contributed by atoms with van der Waals surface area (Å²) < 4.78 is 0. The Morgan fingerprint density at radius 2 is 2.00 bits per heavy atom. The van der Waals surface area contributed by atoms with Crippen LogP contribution in [0.2, 0.25) is 0 Å². The maximum Gasteiger partial charge on any atom is 0.220 e. The van der Waals surface area contributed by atoms with Gasteiger partial charge >= 0.3 is 0 Å². The zero-order valence-corrected chi connectivity index (χ0v) is 10.4. The number of azide groups is 1. The molecule has 1 amide bonds. The van der Waals surface area contributed by atoms with Gasteiger partial charge in [0.1, 0.15) is 0 Å². The van der Waals surface area contributed by atoms with Crippen LogP contribution in [0.25, 0.3) is 10.4 Å². The Balaban J connectivity index is 2.08. The van der Waals surface area contributed by atoms with Crippen LogP contribution >= 0.6 is 0 Å². The lowest BCUT2D eigenvalue weighted by atomic mass is 9.96. The molecule has 5 nitrogen and oxygen atoms in total. The van der Waals surface area contributed by atoms with Gasteiger partial charge in [-0.25, -0.2) is 0 Å². The molecule has 0 atom stereocenters. The van der Waals surface area contributed by atoms with Gasteiger partial charge < -0.3 is 5.32 Å². The number of hydrogen-bond donors (Lipinski definition) is 1. The van der Waals surface area contributed by atoms with Gasteiger partial charge in [0.2, 0.25) is 5.91 Å². The van der Waals surface area contributed by atoms with Crippen LogP contribution < -0.4 is 5.32 Å². The average molecular weight is 238 g/mol. The van der Waals surface area contributed by atoms with Gasteiger partial charge in [-0.05, 0) is 30.7 Å². The number of nitrogens with one attached hydrogen (secondary N) is 1. The SMILES string of the molecule is [N-]=[N+]=NCCCNC(=O)CC1CCCCCC1. The summed E-state index contributed by atoms with van der Waals surface area (Å²) in [6, 6.07) is 0. The minimum absolute atomic E-state index is 0.151. The molecule has 0 spiro atoms. The highest BCUT2D eigenvalue weighted by atomic mass is 16.1. The molecule has 1 aliphatic carbocycles. The van der Waals surface area contributed by atoms with Crippen molar-refractivity contribution >= 4 is 5.91 Å². The zero-order chi connectivity index (χ0) is 12.3. The highest BCUT2D eigenvalue weighted by Crippen LogP contribution is 2.25. The maximum atomic E-state index is 11.6. The molecular formula is C12H22N4O. The number of hydrogen-bond acceptors (Lipinski definition) is 2. The van der Waals surface area contributed by atoms with E-state index in [2.05, 4.69) is 15.3 Å². The van der Waals surface area contributed by atoms with Crippen LogP contribution in [0.5, 0.6) is 0 Å². The van der Waals surface area contributed by atoms with E-state index >= 15 is 0 Å². The molecule has 0 heterocycles. The molecule has 17 heavy (non-hydrogen) atoms. The molecule has 0 aromatic rings. The lowest BCUT2D eigenvalue weighted by molar-refractivity contribution is -0.122. The predicted molar refractivity (Wildman–Crippen MR) is 67.4 cm³/mol. The quantitative estimate of drug-likeness (QED) is 0.249. The molecule has 0 unspecified atom stereocenters. The third kappa shape index (κ3) is 6.84. The van der Waals surface area contributed by atoms with Crippen LogP contribution in [-0.2, 0) is 4.79 Å². The molecule has 1 aliphatic rings. The van der Waals surface area contributed by atoms with Crippen LogP contribution in [0, 0.1) is 5.92 Å². The molecule has 1 saturated carbocycles. The Morgan fingerprint density at radius 3 is 2.65 bits per heavy atom. The third-order valence-corrected chi connectivity index (χ3v) is 3.27. The van der Waals surface area contributed by atoms with Crippen molar-refractivity contribution in [2.75, 3.05) is 13.1 Å². The van der Waals surface area contributed by atoms with Crippen LogP contribution in [0.15, 0.2) is 5.11 Å². The smallest absolute Gasteiger partial charge is 0.220 e. The summed E-state index contributed by atoms with van der Waals surface area (Å²) >= 11 is 0. The summed E-state index contributed by atoms with van der Waals surface area (Å²) in [6.07, 6.45) is 8.98. The van der Waals surface area contributed by atoms with Crippen molar-refractivity contribution in [3.05, 3.63) is 10.4 Å². The number of amides is 1. The lowest BCUT2D eigenvalue weighted by Gasteiger charge is -2.13. The molecule has 5 heteroatoms. The first kappa shape index (κ1) is 13.8. The molecule has 0 aromatic heterocycles. The van der Waals surface area contributed by atoms with Crippen LogP contribution in [0.1, 0.15) is 51.4 Å². The van der Waals surface area contributed by atoms with E-state index < -0.39 is 0 Å². The average Bonchev–Trinajstić information content (AvgIpc) is 2.57. The third-order valence-electron chi connectivity index (χ3n) is 3.27. The van der Waals surface area contributed by atoms with Crippen LogP contribution in [0.3, 0.4) is 0 Å². The number of rotatable bonds is 6. The van der Waals surface area contributed by atoms with E-state index in [1.54, 1.807) is 0 Å². The molecule has 0 aromatic carbocycles. The number of carbonyl (C=O) groups excluding carboxylic acids is 1. The summed E-state index contributed by atoms with van der Waals surface area (Å²) in [7, 11) is 0. The van der Waals surface area contributed by atoms with E-state index in [9.17, 15) is 4.79 Å². The summed E-state index contributed by atoms with van der Waals surface area (Å²) in [5, 5.41) is 6.31. The standard InChI is InChI=1S/C12H22N4O/c13-16-15-9-5-8-14-12(17)10-11-6-3-1-2-4-7-11/h11H,1-10H2,(H,14,17). The van der Waals surface area contributed by atoms with Gasteiger partial charge in [-0.1, -0.05) is 30.8 Å². The van der Waals surface area contributed by atoms with Crippen molar-refractivity contribution in [3.8, 4) is 0 Å². The van der Waals surface area contributed by atoms with E-state index in [1.165, 1.54) is 38.5 Å². The van der Waals surface area contributed by atoms with Gasteiger partial charge in [0.25, 0.3) is 0 Å². The molecular weight excluding hydrogens is 216 g/mol. The predicted octanol–water partition coefficient (Wildman–Crippen LogP) is 3.16. The monoisotopic (exact) mass is 238 g/mol. The van der Waals surface area contributed by atoms with Gasteiger partial charge in [0.15, 0.2) is 0 Å². The Kier molecular flexibility index (Phi) is 7.23. The minimum Gasteiger partial charge on any atom is -0.356 e. The van der Waals surface area contributed by atoms with Crippen molar-refractivity contribution in [3.63, 3.8) is 0 Å². The Labute approximate surface area is 103 Å². The number of nitrogens with zero attached hydrogens (tertiary/aromatic N) is 3. The zero-order valence-electron chi connectivity index (χ0n) is 10.4. The molecule has 1 fully saturated rings. The van der Waals surface area contributed by atoms with Crippen molar-refractivity contribution in [2.24, 2.45) is 11.0 Å². The topological polar surface area (TPSA) is 77.9 Å². The molecule has 0 bridgehead atoms. The normalized spacial score (nSPS) is 16.9. The molecule has 0 radical (unpaired) electrons. The molecule has 96 valence electrons. The van der Waals surface area contributed by atoms with Gasteiger partial charge in [0.05, 0.1) is 0 Å². The second-order valence-corrected chi connectivity index (χ2v) is 4.72. The first-order valence-corrected chi connectivity index (χ1v) is 6.60. The Morgan fingerprint density at radius 1 is 1.29 bits per heavy atom. The van der Waals surface area contributed by atoms with Crippen molar-refractivity contribution in [2.45, 2.75) is 51.4 Å². The summed E-state index contributed by atoms with van der Waals surface area (Å²) in [4.78, 5) is 14.3. The Hall–Kier alpha value is -1.22. The maximum absolute atomic E-state index is 11.6. The van der Waals surface area contributed by atoms with E-state index in [4.69, 9.17) is 5.53 Å². The highest BCUT2D eigenvalue weighted by molar-refractivity contribution is 5.76. The molecule has 0 saturated heterocycles. The van der Waals surface area contributed by atoms with Gasteiger partial charge in [-0.2, -0.15) is 0 Å². The fourth-order valence-corrected chi connectivity index (χ4v) is 2.32. The second kappa shape index (κ2) is 8.88. The molecule has 1 rings (SSSR count). The summed E-state index contributed by atoms with van der Waals surface area (Å²) in [5.74, 6) is 0.729. The fraction of sp³-hybridized carbons (Fsp3) is 0.917. The Bertz CT molecular complexity index is 266.